The van der Waals surface area contributed by atoms with Gasteiger partial charge in [0, 0.05) is 30.8 Å². The minimum absolute atomic E-state index is 0.122. The largest absolute Gasteiger partial charge is 0.497 e. The van der Waals surface area contributed by atoms with Gasteiger partial charge in [-0.15, -0.1) is 0 Å². The highest BCUT2D eigenvalue weighted by Gasteiger charge is 2.28. The summed E-state index contributed by atoms with van der Waals surface area (Å²) in [7, 11) is 1.60. The summed E-state index contributed by atoms with van der Waals surface area (Å²) in [6.07, 6.45) is 1.23. The van der Waals surface area contributed by atoms with E-state index in [0.717, 1.165) is 6.42 Å². The number of hydrogen-bond acceptors (Lipinski definition) is 3. The first kappa shape index (κ1) is 14.7. The van der Waals surface area contributed by atoms with Crippen LogP contribution in [0.1, 0.15) is 19.8 Å². The van der Waals surface area contributed by atoms with Gasteiger partial charge < -0.3 is 20.1 Å². The first-order chi connectivity index (χ1) is 9.63. The van der Waals surface area contributed by atoms with Crippen LogP contribution < -0.4 is 10.1 Å². The topological polar surface area (TPSA) is 61.8 Å². The van der Waals surface area contributed by atoms with Crippen molar-refractivity contribution in [1.29, 1.82) is 0 Å². The van der Waals surface area contributed by atoms with Crippen LogP contribution in [0.25, 0.3) is 0 Å². The van der Waals surface area contributed by atoms with Gasteiger partial charge in [-0.2, -0.15) is 0 Å². The second-order valence-corrected chi connectivity index (χ2v) is 5.13. The molecule has 0 spiro atoms. The number of ether oxygens (including phenoxy) is 1. The van der Waals surface area contributed by atoms with Crippen LogP contribution in [-0.4, -0.2) is 42.3 Å². The molecular formula is C15H22N2O3. The lowest BCUT2D eigenvalue weighted by Gasteiger charge is -2.35. The van der Waals surface area contributed by atoms with Gasteiger partial charge in [-0.25, -0.2) is 4.79 Å². The van der Waals surface area contributed by atoms with Gasteiger partial charge in [0.1, 0.15) is 5.75 Å². The summed E-state index contributed by atoms with van der Waals surface area (Å²) in [6.45, 7) is 3.23. The number of nitrogens with zero attached hydrogens (tertiary/aromatic N) is 1. The summed E-state index contributed by atoms with van der Waals surface area (Å²) < 4.78 is 5.13. The highest BCUT2D eigenvalue weighted by molar-refractivity contribution is 5.89. The molecule has 0 aromatic heterocycles. The van der Waals surface area contributed by atoms with E-state index in [1.807, 2.05) is 25.1 Å². The molecule has 2 rings (SSSR count). The molecule has 1 aromatic carbocycles. The Bertz CT molecular complexity index is 464. The van der Waals surface area contributed by atoms with E-state index in [-0.39, 0.29) is 18.1 Å². The van der Waals surface area contributed by atoms with E-state index in [1.165, 1.54) is 0 Å². The average Bonchev–Trinajstić information content (AvgIpc) is 2.47. The van der Waals surface area contributed by atoms with Gasteiger partial charge in [-0.05, 0) is 25.0 Å². The van der Waals surface area contributed by atoms with Crippen LogP contribution in [0.3, 0.4) is 0 Å². The molecule has 1 saturated heterocycles. The number of carbonyl (C=O) groups is 1. The monoisotopic (exact) mass is 278 g/mol. The molecule has 2 amide bonds. The molecule has 5 heteroatoms. The van der Waals surface area contributed by atoms with E-state index < -0.39 is 0 Å². The second-order valence-electron chi connectivity index (χ2n) is 5.13. The summed E-state index contributed by atoms with van der Waals surface area (Å²) >= 11 is 0. The zero-order valence-electron chi connectivity index (χ0n) is 12.0. The first-order valence-corrected chi connectivity index (χ1v) is 7.02. The third-order valence-corrected chi connectivity index (χ3v) is 3.83. The number of likely N-dealkylation sites (tertiary alicyclic amines) is 1. The van der Waals surface area contributed by atoms with Crippen molar-refractivity contribution in [3.8, 4) is 5.75 Å². The van der Waals surface area contributed by atoms with Crippen molar-refractivity contribution >= 4 is 11.7 Å². The number of aliphatic hydroxyl groups is 1. The van der Waals surface area contributed by atoms with Gasteiger partial charge in [-0.1, -0.05) is 13.0 Å². The summed E-state index contributed by atoms with van der Waals surface area (Å²) in [5, 5.41) is 12.7. The number of urea groups is 1. The lowest BCUT2D eigenvalue weighted by molar-refractivity contribution is 0.0405. The summed E-state index contributed by atoms with van der Waals surface area (Å²) in [4.78, 5) is 14.0. The van der Waals surface area contributed by atoms with Crippen molar-refractivity contribution in [3.05, 3.63) is 24.3 Å². The summed E-state index contributed by atoms with van der Waals surface area (Å²) in [6, 6.07) is 7.16. The number of carbonyl (C=O) groups excluding carboxylic acids is 1. The molecule has 2 atom stereocenters. The van der Waals surface area contributed by atoms with Crippen molar-refractivity contribution in [1.82, 2.24) is 4.90 Å². The smallest absolute Gasteiger partial charge is 0.321 e. The fraction of sp³-hybridized carbons (Fsp3) is 0.533. The summed E-state index contributed by atoms with van der Waals surface area (Å²) in [5.74, 6) is 0.878. The zero-order chi connectivity index (χ0) is 14.5. The molecule has 0 bridgehead atoms. The van der Waals surface area contributed by atoms with E-state index in [9.17, 15) is 9.90 Å². The Hall–Kier alpha value is -1.75. The van der Waals surface area contributed by atoms with Crippen LogP contribution in [0.4, 0.5) is 10.5 Å². The lowest BCUT2D eigenvalue weighted by Crippen LogP contribution is -2.47. The van der Waals surface area contributed by atoms with E-state index >= 15 is 0 Å². The van der Waals surface area contributed by atoms with E-state index in [4.69, 9.17) is 4.74 Å². The van der Waals surface area contributed by atoms with Crippen LogP contribution in [0.15, 0.2) is 24.3 Å². The second kappa shape index (κ2) is 6.61. The zero-order valence-corrected chi connectivity index (χ0v) is 12.0. The molecule has 1 aliphatic heterocycles. The molecule has 1 aliphatic rings. The van der Waals surface area contributed by atoms with Gasteiger partial charge in [0.25, 0.3) is 0 Å². The standard InChI is InChI=1S/C15H22N2O3/c1-3-11-10-17(8-7-14(11)18)15(19)16-12-5-4-6-13(9-12)20-2/h4-6,9,11,14,18H,3,7-8,10H2,1-2H3,(H,16,19). The number of aliphatic hydroxyl groups excluding tert-OH is 1. The van der Waals surface area contributed by atoms with E-state index in [1.54, 1.807) is 18.1 Å². The number of hydrogen-bond donors (Lipinski definition) is 2. The number of anilines is 1. The van der Waals surface area contributed by atoms with Gasteiger partial charge in [-0.3, -0.25) is 0 Å². The molecule has 1 fully saturated rings. The molecule has 0 aliphatic carbocycles. The molecule has 0 radical (unpaired) electrons. The Morgan fingerprint density at radius 2 is 2.35 bits per heavy atom. The Morgan fingerprint density at radius 3 is 3.05 bits per heavy atom. The molecule has 0 saturated carbocycles. The van der Waals surface area contributed by atoms with Crippen LogP contribution in [-0.2, 0) is 0 Å². The predicted molar refractivity (Wildman–Crippen MR) is 78.0 cm³/mol. The minimum atomic E-state index is -0.291. The third-order valence-electron chi connectivity index (χ3n) is 3.83. The Kier molecular flexibility index (Phi) is 4.84. The quantitative estimate of drug-likeness (QED) is 0.892. The van der Waals surface area contributed by atoms with Crippen molar-refractivity contribution in [2.75, 3.05) is 25.5 Å². The van der Waals surface area contributed by atoms with Gasteiger partial charge >= 0.3 is 6.03 Å². The molecular weight excluding hydrogens is 256 g/mol. The van der Waals surface area contributed by atoms with Crippen molar-refractivity contribution in [3.63, 3.8) is 0 Å². The van der Waals surface area contributed by atoms with Crippen LogP contribution in [0.5, 0.6) is 5.75 Å². The van der Waals surface area contributed by atoms with Gasteiger partial charge in [0.05, 0.1) is 13.2 Å². The molecule has 1 heterocycles. The maximum absolute atomic E-state index is 12.2. The Labute approximate surface area is 119 Å². The third kappa shape index (κ3) is 3.42. The predicted octanol–water partition coefficient (Wildman–Crippen LogP) is 2.32. The van der Waals surface area contributed by atoms with Crippen LogP contribution in [0.2, 0.25) is 0 Å². The van der Waals surface area contributed by atoms with E-state index in [2.05, 4.69) is 5.32 Å². The minimum Gasteiger partial charge on any atom is -0.497 e. The maximum atomic E-state index is 12.2. The highest BCUT2D eigenvalue weighted by atomic mass is 16.5. The molecule has 1 aromatic rings. The number of nitrogens with one attached hydrogen (secondary N) is 1. The van der Waals surface area contributed by atoms with E-state index in [0.29, 0.717) is 30.9 Å². The molecule has 2 unspecified atom stereocenters. The Balaban J connectivity index is 1.97. The lowest BCUT2D eigenvalue weighted by atomic mass is 9.93. The summed E-state index contributed by atoms with van der Waals surface area (Å²) in [5.41, 5.74) is 0.716. The molecule has 5 nitrogen and oxygen atoms in total. The van der Waals surface area contributed by atoms with Gasteiger partial charge in [0.2, 0.25) is 0 Å². The van der Waals surface area contributed by atoms with Crippen LogP contribution >= 0.6 is 0 Å². The van der Waals surface area contributed by atoms with Gasteiger partial charge in [0.15, 0.2) is 0 Å². The molecule has 20 heavy (non-hydrogen) atoms. The fourth-order valence-electron chi connectivity index (χ4n) is 2.51. The number of piperidine rings is 1. The normalized spacial score (nSPS) is 22.4. The SMILES string of the molecule is CCC1CN(C(=O)Nc2cccc(OC)c2)CCC1O. The highest BCUT2D eigenvalue weighted by Crippen LogP contribution is 2.22. The van der Waals surface area contributed by atoms with Crippen molar-refractivity contribution < 1.29 is 14.6 Å². The maximum Gasteiger partial charge on any atom is 0.321 e. The number of benzene rings is 1. The van der Waals surface area contributed by atoms with Crippen LogP contribution in [0, 0.1) is 5.92 Å². The van der Waals surface area contributed by atoms with Crippen molar-refractivity contribution in [2.45, 2.75) is 25.9 Å². The average molecular weight is 278 g/mol. The Morgan fingerprint density at radius 1 is 1.55 bits per heavy atom. The molecule has 2 N–H and O–H groups in total. The first-order valence-electron chi connectivity index (χ1n) is 7.02. The number of rotatable bonds is 3. The molecule has 110 valence electrons. The van der Waals surface area contributed by atoms with Crippen molar-refractivity contribution in [2.24, 2.45) is 5.92 Å². The fourth-order valence-corrected chi connectivity index (χ4v) is 2.51. The number of methoxy groups -OCH3 is 1. The number of amides is 2.